The van der Waals surface area contributed by atoms with Crippen molar-refractivity contribution in [1.82, 2.24) is 9.78 Å². The summed E-state index contributed by atoms with van der Waals surface area (Å²) < 4.78 is 37.7. The van der Waals surface area contributed by atoms with Crippen molar-refractivity contribution in [2.24, 2.45) is 7.05 Å². The molecule has 1 aromatic rings. The van der Waals surface area contributed by atoms with Gasteiger partial charge >= 0.3 is 5.51 Å². The Labute approximate surface area is 84.5 Å². The molecule has 1 aromatic heterocycles. The van der Waals surface area contributed by atoms with Gasteiger partial charge in [0.05, 0.1) is 6.20 Å². The molecule has 1 heterocycles. The lowest BCUT2D eigenvalue weighted by Crippen LogP contribution is -2.04. The molecule has 0 atom stereocenters. The fraction of sp³-hybridized carbons (Fsp3) is 0.625. The van der Waals surface area contributed by atoms with Crippen LogP contribution in [-0.2, 0) is 13.5 Å². The molecule has 14 heavy (non-hydrogen) atoms. The number of aromatic nitrogens is 2. The summed E-state index contributed by atoms with van der Waals surface area (Å²) in [6, 6.07) is 0. The van der Waals surface area contributed by atoms with Gasteiger partial charge in [-0.05, 0) is 6.42 Å². The fourth-order valence-corrected chi connectivity index (χ4v) is 1.84. The zero-order chi connectivity index (χ0) is 10.8. The highest BCUT2D eigenvalue weighted by atomic mass is 32.2. The van der Waals surface area contributed by atoms with Crippen LogP contribution < -0.4 is 0 Å². The van der Waals surface area contributed by atoms with Crippen molar-refractivity contribution in [2.75, 3.05) is 0 Å². The monoisotopic (exact) mass is 224 g/mol. The second-order valence-electron chi connectivity index (χ2n) is 2.90. The minimum absolute atomic E-state index is 0.0989. The van der Waals surface area contributed by atoms with E-state index in [4.69, 9.17) is 0 Å². The lowest BCUT2D eigenvalue weighted by Gasteiger charge is -2.07. The molecule has 0 unspecified atom stereocenters. The number of rotatable bonds is 3. The lowest BCUT2D eigenvalue weighted by molar-refractivity contribution is -0.0331. The highest BCUT2D eigenvalue weighted by Crippen LogP contribution is 2.38. The molecule has 0 saturated carbocycles. The van der Waals surface area contributed by atoms with Crippen LogP contribution >= 0.6 is 11.8 Å². The average molecular weight is 224 g/mol. The maximum atomic E-state index is 12.1. The van der Waals surface area contributed by atoms with E-state index < -0.39 is 5.51 Å². The second-order valence-corrected chi connectivity index (χ2v) is 3.95. The topological polar surface area (TPSA) is 17.8 Å². The summed E-state index contributed by atoms with van der Waals surface area (Å²) in [5.41, 5.74) is -3.58. The van der Waals surface area contributed by atoms with Gasteiger partial charge in [0.15, 0.2) is 0 Å². The van der Waals surface area contributed by atoms with Gasteiger partial charge in [-0.1, -0.05) is 13.3 Å². The predicted molar refractivity (Wildman–Crippen MR) is 49.1 cm³/mol. The van der Waals surface area contributed by atoms with E-state index >= 15 is 0 Å². The largest absolute Gasteiger partial charge is 0.447 e. The Hall–Kier alpha value is -0.650. The molecular formula is C8H11F3N2S. The summed E-state index contributed by atoms with van der Waals surface area (Å²) in [6.07, 6.45) is 2.95. The predicted octanol–water partition coefficient (Wildman–Crippen LogP) is 2.98. The minimum Gasteiger partial charge on any atom is -0.262 e. The minimum atomic E-state index is -4.24. The zero-order valence-corrected chi connectivity index (χ0v) is 8.74. The van der Waals surface area contributed by atoms with Gasteiger partial charge in [0, 0.05) is 24.4 Å². The number of aryl methyl sites for hydroxylation is 2. The van der Waals surface area contributed by atoms with Crippen molar-refractivity contribution >= 4 is 11.8 Å². The SMILES string of the molecule is CCCc1cnn(C)c1SC(F)(F)F. The molecule has 0 N–H and O–H groups in total. The maximum absolute atomic E-state index is 12.1. The van der Waals surface area contributed by atoms with Crippen LogP contribution in [0.2, 0.25) is 0 Å². The third kappa shape index (κ3) is 2.94. The second kappa shape index (κ2) is 4.25. The quantitative estimate of drug-likeness (QED) is 0.734. The number of thioether (sulfide) groups is 1. The van der Waals surface area contributed by atoms with Gasteiger partial charge in [-0.25, -0.2) is 0 Å². The number of hydrogen-bond acceptors (Lipinski definition) is 2. The molecule has 0 bridgehead atoms. The Kier molecular flexibility index (Phi) is 3.47. The summed E-state index contributed by atoms with van der Waals surface area (Å²) in [5, 5.41) is 4.01. The number of halogens is 3. The Morgan fingerprint density at radius 3 is 2.64 bits per heavy atom. The summed E-state index contributed by atoms with van der Waals surface area (Å²) in [7, 11) is 1.52. The van der Waals surface area contributed by atoms with Gasteiger partial charge in [-0.3, -0.25) is 4.68 Å². The van der Waals surface area contributed by atoms with Gasteiger partial charge in [-0.15, -0.1) is 0 Å². The van der Waals surface area contributed by atoms with Crippen LogP contribution in [0.5, 0.6) is 0 Å². The Morgan fingerprint density at radius 1 is 1.50 bits per heavy atom. The molecule has 0 amide bonds. The van der Waals surface area contributed by atoms with Gasteiger partial charge in [0.1, 0.15) is 5.03 Å². The Morgan fingerprint density at radius 2 is 2.14 bits per heavy atom. The van der Waals surface area contributed by atoms with Crippen LogP contribution in [0.1, 0.15) is 18.9 Å². The van der Waals surface area contributed by atoms with E-state index in [1.807, 2.05) is 6.92 Å². The van der Waals surface area contributed by atoms with E-state index in [0.717, 1.165) is 6.42 Å². The molecule has 6 heteroatoms. The molecule has 80 valence electrons. The van der Waals surface area contributed by atoms with E-state index in [-0.39, 0.29) is 16.8 Å². The first-order chi connectivity index (χ1) is 6.44. The normalized spacial score (nSPS) is 12.1. The molecule has 0 spiro atoms. The molecule has 0 aliphatic heterocycles. The molecule has 0 aromatic carbocycles. The van der Waals surface area contributed by atoms with Crippen LogP contribution in [0, 0.1) is 0 Å². The molecule has 1 rings (SSSR count). The van der Waals surface area contributed by atoms with Gasteiger partial charge in [0.2, 0.25) is 0 Å². The van der Waals surface area contributed by atoms with E-state index in [2.05, 4.69) is 5.10 Å². The Bertz CT molecular complexity index is 306. The van der Waals surface area contributed by atoms with Gasteiger partial charge in [-0.2, -0.15) is 18.3 Å². The number of alkyl halides is 3. The summed E-state index contributed by atoms with van der Waals surface area (Å²) in [6.45, 7) is 1.93. The van der Waals surface area contributed by atoms with Crippen LogP contribution in [-0.4, -0.2) is 15.3 Å². The average Bonchev–Trinajstić information content (AvgIpc) is 2.34. The maximum Gasteiger partial charge on any atom is 0.447 e. The van der Waals surface area contributed by atoms with Crippen molar-refractivity contribution in [2.45, 2.75) is 30.3 Å². The molecule has 0 saturated heterocycles. The van der Waals surface area contributed by atoms with Gasteiger partial charge in [0.25, 0.3) is 0 Å². The smallest absolute Gasteiger partial charge is 0.262 e. The van der Waals surface area contributed by atoms with Crippen molar-refractivity contribution in [3.8, 4) is 0 Å². The van der Waals surface area contributed by atoms with Crippen LogP contribution in [0.4, 0.5) is 13.2 Å². The van der Waals surface area contributed by atoms with E-state index in [1.54, 1.807) is 0 Å². The lowest BCUT2D eigenvalue weighted by atomic mass is 10.2. The third-order valence-electron chi connectivity index (χ3n) is 1.69. The zero-order valence-electron chi connectivity index (χ0n) is 7.93. The summed E-state index contributed by atoms with van der Waals surface area (Å²) in [5.74, 6) is 0. The van der Waals surface area contributed by atoms with Crippen LogP contribution in [0.15, 0.2) is 11.2 Å². The van der Waals surface area contributed by atoms with E-state index in [0.29, 0.717) is 12.0 Å². The first-order valence-electron chi connectivity index (χ1n) is 4.20. The Balaban J connectivity index is 2.88. The van der Waals surface area contributed by atoms with Gasteiger partial charge < -0.3 is 0 Å². The molecular weight excluding hydrogens is 213 g/mol. The van der Waals surface area contributed by atoms with E-state index in [9.17, 15) is 13.2 Å². The van der Waals surface area contributed by atoms with Crippen molar-refractivity contribution < 1.29 is 13.2 Å². The number of hydrogen-bond donors (Lipinski definition) is 0. The molecule has 0 fully saturated rings. The van der Waals surface area contributed by atoms with Crippen molar-refractivity contribution in [3.63, 3.8) is 0 Å². The van der Waals surface area contributed by atoms with Crippen LogP contribution in [0.3, 0.4) is 0 Å². The van der Waals surface area contributed by atoms with Crippen molar-refractivity contribution in [1.29, 1.82) is 0 Å². The van der Waals surface area contributed by atoms with E-state index in [1.165, 1.54) is 17.9 Å². The summed E-state index contributed by atoms with van der Waals surface area (Å²) in [4.78, 5) is 0. The van der Waals surface area contributed by atoms with Crippen LogP contribution in [0.25, 0.3) is 0 Å². The fourth-order valence-electron chi connectivity index (χ4n) is 1.15. The third-order valence-corrected chi connectivity index (χ3v) is 2.64. The molecule has 0 aliphatic carbocycles. The van der Waals surface area contributed by atoms with Crippen molar-refractivity contribution in [3.05, 3.63) is 11.8 Å². The first kappa shape index (κ1) is 11.4. The first-order valence-corrected chi connectivity index (χ1v) is 5.02. The molecule has 2 nitrogen and oxygen atoms in total. The molecule has 0 aliphatic rings. The highest BCUT2D eigenvalue weighted by Gasteiger charge is 2.32. The molecule has 0 radical (unpaired) electrons. The number of nitrogens with zero attached hydrogens (tertiary/aromatic N) is 2. The summed E-state index contributed by atoms with van der Waals surface area (Å²) >= 11 is -0.0989. The highest BCUT2D eigenvalue weighted by molar-refractivity contribution is 8.00. The standard InChI is InChI=1S/C8H11F3N2S/c1-3-4-6-5-12-13(2)7(6)14-8(9,10)11/h5H,3-4H2,1-2H3.